The Morgan fingerprint density at radius 3 is 2.44 bits per heavy atom. The fraction of sp³-hybridized carbons (Fsp3) is 0.500. The molecule has 0 spiro atoms. The zero-order valence-electron chi connectivity index (χ0n) is 12.7. The van der Waals surface area contributed by atoms with Crippen LogP contribution in [0.2, 0.25) is 0 Å². The third-order valence-corrected chi connectivity index (χ3v) is 3.84. The van der Waals surface area contributed by atoms with Gasteiger partial charge in [0.2, 0.25) is 5.82 Å². The number of pyridine rings is 1. The molecule has 0 aliphatic carbocycles. The molecular formula is C14H13F5N4O2. The minimum absolute atomic E-state index is 0.0307. The second kappa shape index (κ2) is 6.54. The SMILES string of the molecule is O=c1cc(-c2noc(C(F)(F)F)n2)ccn1CCN1C[C@H](F)[C@@H](F)C1. The Morgan fingerprint density at radius 2 is 1.88 bits per heavy atom. The highest BCUT2D eigenvalue weighted by molar-refractivity contribution is 5.52. The van der Waals surface area contributed by atoms with E-state index in [9.17, 15) is 26.7 Å². The van der Waals surface area contributed by atoms with Gasteiger partial charge in [-0.25, -0.2) is 8.78 Å². The molecule has 6 nitrogen and oxygen atoms in total. The lowest BCUT2D eigenvalue weighted by molar-refractivity contribution is -0.159. The second-order valence-electron chi connectivity index (χ2n) is 5.66. The minimum Gasteiger partial charge on any atom is -0.329 e. The molecule has 0 radical (unpaired) electrons. The van der Waals surface area contributed by atoms with Gasteiger partial charge in [0, 0.05) is 44.0 Å². The van der Waals surface area contributed by atoms with Gasteiger partial charge in [0.1, 0.15) is 12.3 Å². The fourth-order valence-corrected chi connectivity index (χ4v) is 2.52. The molecule has 0 bridgehead atoms. The number of halogens is 5. The van der Waals surface area contributed by atoms with Gasteiger partial charge in [-0.15, -0.1) is 0 Å². The normalized spacial score (nSPS) is 21.8. The number of nitrogens with zero attached hydrogens (tertiary/aromatic N) is 4. The van der Waals surface area contributed by atoms with Crippen LogP contribution >= 0.6 is 0 Å². The van der Waals surface area contributed by atoms with Gasteiger partial charge in [-0.1, -0.05) is 5.16 Å². The molecule has 11 heteroatoms. The molecule has 3 rings (SSSR count). The van der Waals surface area contributed by atoms with Crippen molar-refractivity contribution in [2.75, 3.05) is 19.6 Å². The van der Waals surface area contributed by atoms with Gasteiger partial charge in [0.05, 0.1) is 0 Å². The molecule has 0 N–H and O–H groups in total. The Labute approximate surface area is 137 Å². The highest BCUT2D eigenvalue weighted by Crippen LogP contribution is 2.29. The van der Waals surface area contributed by atoms with Crippen molar-refractivity contribution >= 4 is 0 Å². The van der Waals surface area contributed by atoms with E-state index in [1.807, 2.05) is 0 Å². The van der Waals surface area contributed by atoms with Crippen LogP contribution in [0, 0.1) is 0 Å². The van der Waals surface area contributed by atoms with Crippen LogP contribution in [0.1, 0.15) is 5.89 Å². The van der Waals surface area contributed by atoms with Crippen molar-refractivity contribution in [1.29, 1.82) is 0 Å². The van der Waals surface area contributed by atoms with E-state index in [4.69, 9.17) is 0 Å². The maximum atomic E-state index is 13.1. The topological polar surface area (TPSA) is 64.2 Å². The zero-order chi connectivity index (χ0) is 18.2. The molecule has 0 unspecified atom stereocenters. The lowest BCUT2D eigenvalue weighted by Gasteiger charge is -2.15. The molecule has 2 aromatic rings. The first kappa shape index (κ1) is 17.5. The van der Waals surface area contributed by atoms with E-state index in [2.05, 4.69) is 14.7 Å². The van der Waals surface area contributed by atoms with Gasteiger partial charge in [-0.3, -0.25) is 9.69 Å². The summed E-state index contributed by atoms with van der Waals surface area (Å²) in [5, 5.41) is 3.20. The minimum atomic E-state index is -4.77. The second-order valence-corrected chi connectivity index (χ2v) is 5.66. The Balaban J connectivity index is 1.69. The molecule has 0 aromatic carbocycles. The first-order valence-electron chi connectivity index (χ1n) is 7.36. The number of alkyl halides is 5. The molecule has 1 aliphatic rings. The van der Waals surface area contributed by atoms with Crippen molar-refractivity contribution in [1.82, 2.24) is 19.6 Å². The average Bonchev–Trinajstić information content (AvgIpc) is 3.13. The predicted octanol–water partition coefficient (Wildman–Crippen LogP) is 1.91. The largest absolute Gasteiger partial charge is 0.471 e. The Bertz CT molecular complexity index is 793. The number of aromatic nitrogens is 3. The molecule has 1 saturated heterocycles. The first-order chi connectivity index (χ1) is 11.7. The summed E-state index contributed by atoms with van der Waals surface area (Å²) in [5.41, 5.74) is -0.419. The van der Waals surface area contributed by atoms with Crippen LogP contribution in [0.15, 0.2) is 27.6 Å². The Hall–Kier alpha value is -2.30. The van der Waals surface area contributed by atoms with Crippen molar-refractivity contribution in [3.05, 3.63) is 34.6 Å². The standard InChI is InChI=1S/C14H13F5N4O2/c15-9-6-22(7-10(9)16)3-4-23-2-1-8(5-11(23)24)12-20-13(25-21-12)14(17,18)19/h1-2,5,9-10H,3-4,6-7H2/t9-,10-/m0/s1. The van der Waals surface area contributed by atoms with Gasteiger partial charge >= 0.3 is 12.1 Å². The maximum Gasteiger partial charge on any atom is 0.471 e. The summed E-state index contributed by atoms with van der Waals surface area (Å²) in [6.07, 6.45) is -6.46. The molecule has 136 valence electrons. The van der Waals surface area contributed by atoms with Crippen molar-refractivity contribution in [3.63, 3.8) is 0 Å². The third-order valence-electron chi connectivity index (χ3n) is 3.84. The molecule has 1 fully saturated rings. The quantitative estimate of drug-likeness (QED) is 0.776. The lowest BCUT2D eigenvalue weighted by Crippen LogP contribution is -2.29. The summed E-state index contributed by atoms with van der Waals surface area (Å²) >= 11 is 0. The van der Waals surface area contributed by atoms with Gasteiger partial charge in [0.25, 0.3) is 5.56 Å². The lowest BCUT2D eigenvalue weighted by atomic mass is 10.2. The number of likely N-dealkylation sites (tertiary alicyclic amines) is 1. The van der Waals surface area contributed by atoms with Gasteiger partial charge in [-0.2, -0.15) is 18.2 Å². The molecule has 25 heavy (non-hydrogen) atoms. The number of hydrogen-bond acceptors (Lipinski definition) is 5. The molecular weight excluding hydrogens is 351 g/mol. The van der Waals surface area contributed by atoms with Crippen LogP contribution in [0.3, 0.4) is 0 Å². The number of hydrogen-bond donors (Lipinski definition) is 0. The van der Waals surface area contributed by atoms with E-state index in [-0.39, 0.29) is 37.6 Å². The van der Waals surface area contributed by atoms with Crippen LogP contribution in [0.25, 0.3) is 11.4 Å². The van der Waals surface area contributed by atoms with Crippen LogP contribution in [-0.2, 0) is 12.7 Å². The first-order valence-corrected chi connectivity index (χ1v) is 7.36. The molecule has 2 atom stereocenters. The van der Waals surface area contributed by atoms with E-state index >= 15 is 0 Å². The summed E-state index contributed by atoms with van der Waals surface area (Å²) in [5.74, 6) is -1.85. The molecule has 1 aliphatic heterocycles. The van der Waals surface area contributed by atoms with Crippen LogP contribution < -0.4 is 5.56 Å². The van der Waals surface area contributed by atoms with Crippen LogP contribution in [0.4, 0.5) is 22.0 Å². The Kier molecular flexibility index (Phi) is 4.58. The highest BCUT2D eigenvalue weighted by atomic mass is 19.4. The van der Waals surface area contributed by atoms with Gasteiger partial charge in [-0.05, 0) is 6.07 Å². The summed E-state index contributed by atoms with van der Waals surface area (Å²) < 4.78 is 69.0. The van der Waals surface area contributed by atoms with E-state index in [0.717, 1.165) is 6.07 Å². The number of rotatable bonds is 4. The summed E-state index contributed by atoms with van der Waals surface area (Å²) in [7, 11) is 0. The molecule has 2 aromatic heterocycles. The zero-order valence-corrected chi connectivity index (χ0v) is 12.7. The van der Waals surface area contributed by atoms with Crippen LogP contribution in [-0.4, -0.2) is 51.6 Å². The van der Waals surface area contributed by atoms with Crippen molar-refractivity contribution in [3.8, 4) is 11.4 Å². The van der Waals surface area contributed by atoms with E-state index in [1.165, 1.54) is 16.8 Å². The summed E-state index contributed by atoms with van der Waals surface area (Å²) in [6.45, 7) is 0.410. The fourth-order valence-electron chi connectivity index (χ4n) is 2.52. The van der Waals surface area contributed by atoms with Crippen molar-refractivity contribution in [2.45, 2.75) is 25.1 Å². The highest BCUT2D eigenvalue weighted by Gasteiger charge is 2.38. The van der Waals surface area contributed by atoms with Crippen molar-refractivity contribution in [2.24, 2.45) is 0 Å². The van der Waals surface area contributed by atoms with Gasteiger partial charge < -0.3 is 9.09 Å². The monoisotopic (exact) mass is 364 g/mol. The van der Waals surface area contributed by atoms with E-state index in [0.29, 0.717) is 0 Å². The third kappa shape index (κ3) is 3.86. The van der Waals surface area contributed by atoms with Crippen molar-refractivity contribution < 1.29 is 26.5 Å². The van der Waals surface area contributed by atoms with Gasteiger partial charge in [0.15, 0.2) is 0 Å². The Morgan fingerprint density at radius 1 is 1.20 bits per heavy atom. The van der Waals surface area contributed by atoms with E-state index in [1.54, 1.807) is 4.90 Å². The maximum absolute atomic E-state index is 13.1. The smallest absolute Gasteiger partial charge is 0.329 e. The molecule has 0 saturated carbocycles. The summed E-state index contributed by atoms with van der Waals surface area (Å²) in [6, 6.07) is 2.44. The predicted molar refractivity (Wildman–Crippen MR) is 75.2 cm³/mol. The molecule has 0 amide bonds. The average molecular weight is 364 g/mol. The summed E-state index contributed by atoms with van der Waals surface area (Å²) in [4.78, 5) is 16.8. The molecule has 3 heterocycles. The van der Waals surface area contributed by atoms with Crippen LogP contribution in [0.5, 0.6) is 0 Å². The van der Waals surface area contributed by atoms with E-state index < -0.39 is 30.0 Å².